The van der Waals surface area contributed by atoms with E-state index in [1.807, 2.05) is 12.1 Å². The zero-order valence-corrected chi connectivity index (χ0v) is 15.9. The van der Waals surface area contributed by atoms with Crippen LogP contribution in [-0.4, -0.2) is 80.7 Å². The molecular formula is C20H32N2O4. The number of likely N-dealkylation sites (tertiary alicyclic amines) is 1. The van der Waals surface area contributed by atoms with Crippen LogP contribution in [0.15, 0.2) is 18.2 Å². The first-order chi connectivity index (χ1) is 12.8. The van der Waals surface area contributed by atoms with Crippen LogP contribution >= 0.6 is 0 Å². The molecule has 0 unspecified atom stereocenters. The molecule has 1 aromatic carbocycles. The van der Waals surface area contributed by atoms with Gasteiger partial charge in [0, 0.05) is 38.3 Å². The summed E-state index contributed by atoms with van der Waals surface area (Å²) < 4.78 is 17.1. The molecule has 1 aromatic rings. The van der Waals surface area contributed by atoms with E-state index in [1.165, 1.54) is 0 Å². The fourth-order valence-corrected chi connectivity index (χ4v) is 3.65. The second-order valence-electron chi connectivity index (χ2n) is 7.11. The van der Waals surface area contributed by atoms with Crippen molar-refractivity contribution in [2.75, 3.05) is 59.7 Å². The molecule has 26 heavy (non-hydrogen) atoms. The SMILES string of the molecule is COc1cccc(CN2CCC[C@@H](O)CC2)c1OCCN1CCOCC1. The molecule has 1 N–H and O–H groups in total. The van der Waals surface area contributed by atoms with Crippen LogP contribution in [0.2, 0.25) is 0 Å². The summed E-state index contributed by atoms with van der Waals surface area (Å²) in [4.78, 5) is 4.77. The molecule has 2 aliphatic rings. The maximum absolute atomic E-state index is 9.86. The van der Waals surface area contributed by atoms with E-state index in [1.54, 1.807) is 7.11 Å². The van der Waals surface area contributed by atoms with Crippen molar-refractivity contribution in [3.8, 4) is 11.5 Å². The van der Waals surface area contributed by atoms with Crippen LogP contribution in [0.3, 0.4) is 0 Å². The Morgan fingerprint density at radius 2 is 1.96 bits per heavy atom. The third-order valence-corrected chi connectivity index (χ3v) is 5.22. The number of rotatable bonds is 7. The molecule has 6 nitrogen and oxygen atoms in total. The number of methoxy groups -OCH3 is 1. The fourth-order valence-electron chi connectivity index (χ4n) is 3.65. The van der Waals surface area contributed by atoms with Crippen molar-refractivity contribution < 1.29 is 19.3 Å². The smallest absolute Gasteiger partial charge is 0.165 e. The predicted octanol–water partition coefficient (Wildman–Crippen LogP) is 1.75. The summed E-state index contributed by atoms with van der Waals surface area (Å²) in [6.45, 7) is 7.87. The lowest BCUT2D eigenvalue weighted by Gasteiger charge is -2.27. The van der Waals surface area contributed by atoms with Crippen LogP contribution in [0.25, 0.3) is 0 Å². The van der Waals surface area contributed by atoms with E-state index in [9.17, 15) is 5.11 Å². The van der Waals surface area contributed by atoms with Crippen molar-refractivity contribution in [1.82, 2.24) is 9.80 Å². The monoisotopic (exact) mass is 364 g/mol. The summed E-state index contributed by atoms with van der Waals surface area (Å²) >= 11 is 0. The van der Waals surface area contributed by atoms with Crippen molar-refractivity contribution >= 4 is 0 Å². The molecule has 2 aliphatic heterocycles. The zero-order valence-electron chi connectivity index (χ0n) is 15.9. The van der Waals surface area contributed by atoms with E-state index in [0.717, 1.165) is 88.8 Å². The Balaban J connectivity index is 1.61. The molecule has 2 fully saturated rings. The fraction of sp³-hybridized carbons (Fsp3) is 0.700. The Labute approximate surface area is 156 Å². The normalized spacial score (nSPS) is 22.8. The maximum Gasteiger partial charge on any atom is 0.165 e. The number of aliphatic hydroxyl groups excluding tert-OH is 1. The molecular weight excluding hydrogens is 332 g/mol. The highest BCUT2D eigenvalue weighted by molar-refractivity contribution is 5.46. The average Bonchev–Trinajstić information content (AvgIpc) is 2.88. The summed E-state index contributed by atoms with van der Waals surface area (Å²) in [6, 6.07) is 6.10. The van der Waals surface area contributed by atoms with Gasteiger partial charge in [-0.1, -0.05) is 12.1 Å². The topological polar surface area (TPSA) is 54.4 Å². The number of aliphatic hydroxyl groups is 1. The molecule has 0 radical (unpaired) electrons. The summed E-state index contributed by atoms with van der Waals surface area (Å²) in [5.41, 5.74) is 1.16. The molecule has 3 rings (SSSR count). The maximum atomic E-state index is 9.86. The summed E-state index contributed by atoms with van der Waals surface area (Å²) in [7, 11) is 1.69. The van der Waals surface area contributed by atoms with Crippen molar-refractivity contribution in [1.29, 1.82) is 0 Å². The van der Waals surface area contributed by atoms with Gasteiger partial charge in [0.15, 0.2) is 11.5 Å². The zero-order chi connectivity index (χ0) is 18.2. The Kier molecular flexibility index (Phi) is 7.55. The van der Waals surface area contributed by atoms with Crippen molar-refractivity contribution in [3.05, 3.63) is 23.8 Å². The van der Waals surface area contributed by atoms with Gasteiger partial charge in [0.2, 0.25) is 0 Å². The third-order valence-electron chi connectivity index (χ3n) is 5.22. The van der Waals surface area contributed by atoms with Gasteiger partial charge in [0.1, 0.15) is 6.61 Å². The summed E-state index contributed by atoms with van der Waals surface area (Å²) in [5, 5.41) is 9.86. The van der Waals surface area contributed by atoms with Crippen LogP contribution in [-0.2, 0) is 11.3 Å². The lowest BCUT2D eigenvalue weighted by atomic mass is 10.1. The molecule has 0 bridgehead atoms. The van der Waals surface area contributed by atoms with Gasteiger partial charge in [0.25, 0.3) is 0 Å². The van der Waals surface area contributed by atoms with Gasteiger partial charge in [-0.2, -0.15) is 0 Å². The average molecular weight is 364 g/mol. The molecule has 0 amide bonds. The molecule has 146 valence electrons. The second-order valence-corrected chi connectivity index (χ2v) is 7.11. The second kappa shape index (κ2) is 10.1. The van der Waals surface area contributed by atoms with Gasteiger partial charge in [-0.15, -0.1) is 0 Å². The van der Waals surface area contributed by atoms with E-state index in [4.69, 9.17) is 14.2 Å². The third kappa shape index (κ3) is 5.58. The minimum Gasteiger partial charge on any atom is -0.493 e. The molecule has 0 spiro atoms. The van der Waals surface area contributed by atoms with Crippen LogP contribution in [0, 0.1) is 0 Å². The van der Waals surface area contributed by atoms with E-state index in [0.29, 0.717) is 6.61 Å². The van der Waals surface area contributed by atoms with Gasteiger partial charge in [-0.25, -0.2) is 0 Å². The molecule has 0 aromatic heterocycles. The number of morpholine rings is 1. The number of hydrogen-bond acceptors (Lipinski definition) is 6. The first-order valence-corrected chi connectivity index (χ1v) is 9.75. The largest absolute Gasteiger partial charge is 0.493 e. The van der Waals surface area contributed by atoms with Gasteiger partial charge in [-0.05, 0) is 31.9 Å². The van der Waals surface area contributed by atoms with Crippen molar-refractivity contribution in [2.24, 2.45) is 0 Å². The highest BCUT2D eigenvalue weighted by atomic mass is 16.5. The lowest BCUT2D eigenvalue weighted by Crippen LogP contribution is -2.38. The Hall–Kier alpha value is -1.34. The van der Waals surface area contributed by atoms with Crippen molar-refractivity contribution in [2.45, 2.75) is 31.9 Å². The minimum atomic E-state index is -0.158. The number of ether oxygens (including phenoxy) is 3. The lowest BCUT2D eigenvalue weighted by molar-refractivity contribution is 0.0320. The van der Waals surface area contributed by atoms with Crippen molar-refractivity contribution in [3.63, 3.8) is 0 Å². The minimum absolute atomic E-state index is 0.158. The predicted molar refractivity (Wildman–Crippen MR) is 101 cm³/mol. The quantitative estimate of drug-likeness (QED) is 0.796. The number of hydrogen-bond donors (Lipinski definition) is 1. The van der Waals surface area contributed by atoms with E-state index < -0.39 is 0 Å². The van der Waals surface area contributed by atoms with E-state index >= 15 is 0 Å². The van der Waals surface area contributed by atoms with E-state index in [-0.39, 0.29) is 6.10 Å². The molecule has 1 atom stereocenters. The standard InChI is InChI=1S/C20H32N2O4/c1-24-19-6-2-4-17(16-22-8-3-5-18(23)7-9-22)20(19)26-15-12-21-10-13-25-14-11-21/h2,4,6,18,23H,3,5,7-16H2,1H3/t18-/m1/s1. The molecule has 2 heterocycles. The van der Waals surface area contributed by atoms with Gasteiger partial charge >= 0.3 is 0 Å². The molecule has 0 aliphatic carbocycles. The Morgan fingerprint density at radius 3 is 2.77 bits per heavy atom. The van der Waals surface area contributed by atoms with E-state index in [2.05, 4.69) is 15.9 Å². The Bertz CT molecular complexity index is 549. The number of para-hydroxylation sites is 1. The number of nitrogens with zero attached hydrogens (tertiary/aromatic N) is 2. The van der Waals surface area contributed by atoms with Crippen LogP contribution in [0.1, 0.15) is 24.8 Å². The van der Waals surface area contributed by atoms with Gasteiger partial charge in [-0.3, -0.25) is 9.80 Å². The molecule has 2 saturated heterocycles. The molecule has 0 saturated carbocycles. The first-order valence-electron chi connectivity index (χ1n) is 9.75. The van der Waals surface area contributed by atoms with Crippen LogP contribution in [0.5, 0.6) is 11.5 Å². The highest BCUT2D eigenvalue weighted by Crippen LogP contribution is 2.32. The highest BCUT2D eigenvalue weighted by Gasteiger charge is 2.18. The van der Waals surface area contributed by atoms with Crippen LogP contribution < -0.4 is 9.47 Å². The summed E-state index contributed by atoms with van der Waals surface area (Å²) in [6.07, 6.45) is 2.63. The molecule has 6 heteroatoms. The summed E-state index contributed by atoms with van der Waals surface area (Å²) in [5.74, 6) is 1.65. The first kappa shape index (κ1) is 19.4. The van der Waals surface area contributed by atoms with Gasteiger partial charge < -0.3 is 19.3 Å². The van der Waals surface area contributed by atoms with Gasteiger partial charge in [0.05, 0.1) is 26.4 Å². The van der Waals surface area contributed by atoms with Crippen LogP contribution in [0.4, 0.5) is 0 Å². The Morgan fingerprint density at radius 1 is 1.12 bits per heavy atom. The number of benzene rings is 1.